The molecule has 1 aliphatic heterocycles. The minimum atomic E-state index is 0.107. The van der Waals surface area contributed by atoms with Gasteiger partial charge in [0.15, 0.2) is 0 Å². The molecule has 3 rings (SSSR count). The molecule has 0 saturated carbocycles. The molecule has 1 aromatic rings. The van der Waals surface area contributed by atoms with E-state index in [1.807, 2.05) is 0 Å². The molecule has 2 aliphatic rings. The van der Waals surface area contributed by atoms with Crippen LogP contribution in [0.1, 0.15) is 96.5 Å². The highest BCUT2D eigenvalue weighted by Crippen LogP contribution is 2.46. The molecule has 1 aliphatic carbocycles. The first-order valence-electron chi connectivity index (χ1n) is 13.9. The average Bonchev–Trinajstić information content (AvgIpc) is 2.87. The largest absolute Gasteiger partial charge is 0.379 e. The van der Waals surface area contributed by atoms with Gasteiger partial charge in [0.2, 0.25) is 0 Å². The van der Waals surface area contributed by atoms with Crippen molar-refractivity contribution in [1.82, 2.24) is 4.90 Å². The molecule has 0 N–H and O–H groups in total. The zero-order valence-corrected chi connectivity index (χ0v) is 21.7. The first-order valence-corrected chi connectivity index (χ1v) is 13.9. The summed E-state index contributed by atoms with van der Waals surface area (Å²) in [6.07, 6.45) is 23.1. The van der Waals surface area contributed by atoms with E-state index in [0.29, 0.717) is 11.8 Å². The quantitative estimate of drug-likeness (QED) is 0.264. The number of ether oxygens (including phenoxy) is 1. The van der Waals surface area contributed by atoms with Crippen LogP contribution >= 0.6 is 0 Å². The summed E-state index contributed by atoms with van der Waals surface area (Å²) in [4.78, 5) is 2.78. The monoisotopic (exact) mass is 451 g/mol. The molecule has 4 atom stereocenters. The van der Waals surface area contributed by atoms with E-state index in [4.69, 9.17) is 4.74 Å². The first kappa shape index (κ1) is 26.2. The van der Waals surface area contributed by atoms with Crippen LogP contribution in [0.3, 0.4) is 0 Å². The molecule has 0 spiro atoms. The Balaban J connectivity index is 1.78. The number of unbranched alkanes of at least 4 members (excludes halogenated alkanes) is 3. The van der Waals surface area contributed by atoms with Crippen molar-refractivity contribution in [1.29, 1.82) is 0 Å². The Labute approximate surface area is 204 Å². The SMILES string of the molecule is CCCCCCC(C)CCCC1(N2CCOCC2)C=CC=CC1C(CCC)c1ccccc1. The van der Waals surface area contributed by atoms with Crippen molar-refractivity contribution in [3.63, 3.8) is 0 Å². The summed E-state index contributed by atoms with van der Waals surface area (Å²) in [5.41, 5.74) is 1.61. The summed E-state index contributed by atoms with van der Waals surface area (Å²) in [5.74, 6) is 1.92. The highest BCUT2D eigenvalue weighted by Gasteiger charge is 2.45. The van der Waals surface area contributed by atoms with Crippen LogP contribution < -0.4 is 0 Å². The fraction of sp³-hybridized carbons (Fsp3) is 0.677. The van der Waals surface area contributed by atoms with E-state index in [1.54, 1.807) is 0 Å². The molecule has 1 fully saturated rings. The van der Waals surface area contributed by atoms with Crippen LogP contribution in [0.15, 0.2) is 54.6 Å². The number of hydrogen-bond acceptors (Lipinski definition) is 2. The summed E-state index contributed by atoms with van der Waals surface area (Å²) < 4.78 is 5.79. The van der Waals surface area contributed by atoms with Crippen LogP contribution in [-0.4, -0.2) is 36.7 Å². The van der Waals surface area contributed by atoms with E-state index in [-0.39, 0.29) is 5.54 Å². The molecule has 0 bridgehead atoms. The zero-order chi connectivity index (χ0) is 23.4. The molecule has 0 radical (unpaired) electrons. The highest BCUT2D eigenvalue weighted by molar-refractivity contribution is 5.32. The lowest BCUT2D eigenvalue weighted by Gasteiger charge is -2.51. The number of allylic oxidation sites excluding steroid dienone is 2. The Bertz CT molecular complexity index is 705. The predicted octanol–water partition coefficient (Wildman–Crippen LogP) is 8.16. The van der Waals surface area contributed by atoms with Crippen molar-refractivity contribution in [2.45, 2.75) is 96.4 Å². The number of benzene rings is 1. The van der Waals surface area contributed by atoms with Gasteiger partial charge in [0.05, 0.1) is 13.2 Å². The van der Waals surface area contributed by atoms with Gasteiger partial charge < -0.3 is 4.74 Å². The van der Waals surface area contributed by atoms with Gasteiger partial charge in [0, 0.05) is 24.5 Å². The number of nitrogens with zero attached hydrogens (tertiary/aromatic N) is 1. The molecular formula is C31H49NO. The maximum Gasteiger partial charge on any atom is 0.0594 e. The van der Waals surface area contributed by atoms with Crippen molar-refractivity contribution in [3.05, 3.63) is 60.2 Å². The van der Waals surface area contributed by atoms with Gasteiger partial charge in [0.1, 0.15) is 0 Å². The van der Waals surface area contributed by atoms with E-state index >= 15 is 0 Å². The molecule has 0 aromatic heterocycles. The number of rotatable bonds is 14. The smallest absolute Gasteiger partial charge is 0.0594 e. The summed E-state index contributed by atoms with van der Waals surface area (Å²) in [7, 11) is 0. The molecule has 0 amide bonds. The van der Waals surface area contributed by atoms with Crippen LogP contribution in [0, 0.1) is 11.8 Å². The molecule has 1 heterocycles. The summed E-state index contributed by atoms with van der Waals surface area (Å²) in [5, 5.41) is 0. The highest BCUT2D eigenvalue weighted by atomic mass is 16.5. The molecular weight excluding hydrogens is 402 g/mol. The van der Waals surface area contributed by atoms with Crippen molar-refractivity contribution in [3.8, 4) is 0 Å². The lowest BCUT2D eigenvalue weighted by Crippen LogP contribution is -2.57. The molecule has 1 saturated heterocycles. The normalized spacial score (nSPS) is 25.2. The summed E-state index contributed by atoms with van der Waals surface area (Å²) in [6, 6.07) is 11.3. The standard InChI is InChI=1S/C31H49NO/c1-4-6-7-9-16-27(3)17-14-22-31(32-23-25-33-26-24-32)21-13-12-20-30(31)29(15-5-2)28-18-10-8-11-19-28/h8,10-13,18-21,27,29-30H,4-7,9,14-17,22-26H2,1-3H3. The third-order valence-corrected chi connectivity index (χ3v) is 8.08. The van der Waals surface area contributed by atoms with E-state index in [2.05, 4.69) is 80.3 Å². The van der Waals surface area contributed by atoms with Gasteiger partial charge in [-0.1, -0.05) is 127 Å². The van der Waals surface area contributed by atoms with Crippen LogP contribution in [0.4, 0.5) is 0 Å². The van der Waals surface area contributed by atoms with E-state index in [9.17, 15) is 0 Å². The molecule has 4 unspecified atom stereocenters. The fourth-order valence-corrected chi connectivity index (χ4v) is 6.23. The minimum absolute atomic E-state index is 0.107. The lowest BCUT2D eigenvalue weighted by molar-refractivity contribution is -0.0289. The van der Waals surface area contributed by atoms with Gasteiger partial charge in [-0.15, -0.1) is 0 Å². The third-order valence-electron chi connectivity index (χ3n) is 8.08. The van der Waals surface area contributed by atoms with Crippen LogP contribution in [-0.2, 0) is 4.74 Å². The lowest BCUT2D eigenvalue weighted by atomic mass is 9.66. The summed E-state index contributed by atoms with van der Waals surface area (Å²) >= 11 is 0. The Morgan fingerprint density at radius 3 is 2.39 bits per heavy atom. The second-order valence-corrected chi connectivity index (χ2v) is 10.5. The average molecular weight is 452 g/mol. The van der Waals surface area contributed by atoms with E-state index < -0.39 is 0 Å². The molecule has 1 aromatic carbocycles. The Hall–Kier alpha value is -1.38. The Morgan fingerprint density at radius 1 is 0.909 bits per heavy atom. The van der Waals surface area contributed by atoms with Gasteiger partial charge in [-0.25, -0.2) is 0 Å². The van der Waals surface area contributed by atoms with Crippen molar-refractivity contribution in [2.24, 2.45) is 11.8 Å². The van der Waals surface area contributed by atoms with Gasteiger partial charge in [-0.3, -0.25) is 4.90 Å². The minimum Gasteiger partial charge on any atom is -0.379 e. The summed E-state index contributed by atoms with van der Waals surface area (Å²) in [6.45, 7) is 11.0. The molecule has 2 nitrogen and oxygen atoms in total. The third kappa shape index (κ3) is 7.30. The first-order chi connectivity index (χ1) is 16.2. The van der Waals surface area contributed by atoms with Crippen LogP contribution in [0.25, 0.3) is 0 Å². The second-order valence-electron chi connectivity index (χ2n) is 10.5. The topological polar surface area (TPSA) is 12.5 Å². The van der Waals surface area contributed by atoms with Crippen molar-refractivity contribution < 1.29 is 4.74 Å². The molecule has 2 heteroatoms. The fourth-order valence-electron chi connectivity index (χ4n) is 6.23. The van der Waals surface area contributed by atoms with Crippen molar-refractivity contribution >= 4 is 0 Å². The van der Waals surface area contributed by atoms with Crippen LogP contribution in [0.5, 0.6) is 0 Å². The Morgan fingerprint density at radius 2 is 1.67 bits per heavy atom. The zero-order valence-electron chi connectivity index (χ0n) is 21.7. The van der Waals surface area contributed by atoms with Gasteiger partial charge in [-0.2, -0.15) is 0 Å². The van der Waals surface area contributed by atoms with Crippen LogP contribution in [0.2, 0.25) is 0 Å². The maximum absolute atomic E-state index is 5.79. The van der Waals surface area contributed by atoms with Crippen molar-refractivity contribution in [2.75, 3.05) is 26.3 Å². The van der Waals surface area contributed by atoms with E-state index in [0.717, 1.165) is 32.2 Å². The van der Waals surface area contributed by atoms with Gasteiger partial charge >= 0.3 is 0 Å². The number of morpholine rings is 1. The van der Waals surface area contributed by atoms with E-state index in [1.165, 1.54) is 69.8 Å². The van der Waals surface area contributed by atoms with Gasteiger partial charge in [-0.05, 0) is 30.2 Å². The van der Waals surface area contributed by atoms with Gasteiger partial charge in [0.25, 0.3) is 0 Å². The second kappa shape index (κ2) is 14.1. The Kier molecular flexibility index (Phi) is 11.2. The predicted molar refractivity (Wildman–Crippen MR) is 143 cm³/mol. The maximum atomic E-state index is 5.79. The molecule has 184 valence electrons. The number of hydrogen-bond donors (Lipinski definition) is 0. The molecule has 33 heavy (non-hydrogen) atoms.